The molecule has 0 aromatic heterocycles. The summed E-state index contributed by atoms with van der Waals surface area (Å²) in [5.74, 6) is 0.894. The lowest BCUT2D eigenvalue weighted by Gasteiger charge is -1.85. The summed E-state index contributed by atoms with van der Waals surface area (Å²) >= 11 is 0. The first-order valence-corrected chi connectivity index (χ1v) is 6.64. The standard InChI is InChI=1S/2C8H8.C4H4O/c2*1-2-8-6-4-3-5-7-8;1-2-4-3-5-4/h2*2-7H,1H2;2-3H,1H2. The fourth-order valence-electron chi connectivity index (χ4n) is 1.31. The smallest absolute Gasteiger partial charge is 0.161 e. The van der Waals surface area contributed by atoms with Crippen molar-refractivity contribution in [2.24, 2.45) is 0 Å². The quantitative estimate of drug-likeness (QED) is 0.700. The molecule has 0 radical (unpaired) electrons. The Kier molecular flexibility index (Phi) is 7.77. The summed E-state index contributed by atoms with van der Waals surface area (Å²) < 4.78 is 4.53. The monoisotopic (exact) mass is 276 g/mol. The first-order valence-electron chi connectivity index (χ1n) is 6.64. The Morgan fingerprint density at radius 3 is 1.14 bits per heavy atom. The molecule has 21 heavy (non-hydrogen) atoms. The van der Waals surface area contributed by atoms with E-state index in [1.807, 2.05) is 72.8 Å². The Bertz CT molecular complexity index is 533. The molecule has 1 nitrogen and oxygen atoms in total. The van der Waals surface area contributed by atoms with Crippen molar-refractivity contribution in [3.63, 3.8) is 0 Å². The third-order valence-electron chi connectivity index (χ3n) is 2.53. The number of rotatable bonds is 3. The van der Waals surface area contributed by atoms with E-state index in [-0.39, 0.29) is 0 Å². The lowest BCUT2D eigenvalue weighted by molar-refractivity contribution is 0.516. The van der Waals surface area contributed by atoms with Gasteiger partial charge in [-0.15, -0.1) is 0 Å². The predicted molar refractivity (Wildman–Crippen MR) is 92.4 cm³/mol. The van der Waals surface area contributed by atoms with Gasteiger partial charge in [-0.05, 0) is 17.2 Å². The second kappa shape index (κ2) is 10.0. The summed E-state index contributed by atoms with van der Waals surface area (Å²) in [4.78, 5) is 0. The zero-order valence-corrected chi connectivity index (χ0v) is 12.1. The molecule has 0 fully saturated rings. The summed E-state index contributed by atoms with van der Waals surface area (Å²) in [6.07, 6.45) is 6.98. The van der Waals surface area contributed by atoms with E-state index in [0.29, 0.717) is 0 Å². The van der Waals surface area contributed by atoms with Gasteiger partial charge < -0.3 is 4.74 Å². The van der Waals surface area contributed by atoms with Crippen molar-refractivity contribution in [1.82, 2.24) is 0 Å². The second-order valence-electron chi connectivity index (χ2n) is 4.07. The molecule has 2 aromatic rings. The van der Waals surface area contributed by atoms with Gasteiger partial charge in [0.15, 0.2) is 5.76 Å². The Morgan fingerprint density at radius 1 is 0.619 bits per heavy atom. The van der Waals surface area contributed by atoms with E-state index in [0.717, 1.165) is 5.76 Å². The van der Waals surface area contributed by atoms with E-state index in [9.17, 15) is 0 Å². The first kappa shape index (κ1) is 16.3. The summed E-state index contributed by atoms with van der Waals surface area (Å²) in [5.41, 5.74) is 2.35. The molecule has 0 N–H and O–H groups in total. The Balaban J connectivity index is 0.000000162. The number of allylic oxidation sites excluding steroid dienone is 1. The van der Waals surface area contributed by atoms with Gasteiger partial charge in [0.05, 0.1) is 0 Å². The number of benzene rings is 2. The maximum Gasteiger partial charge on any atom is 0.161 e. The van der Waals surface area contributed by atoms with Gasteiger partial charge in [0.1, 0.15) is 6.26 Å². The molecule has 1 aliphatic heterocycles. The summed E-state index contributed by atoms with van der Waals surface area (Å²) in [7, 11) is 0. The molecule has 1 heterocycles. The van der Waals surface area contributed by atoms with Crippen LogP contribution in [0, 0.1) is 0 Å². The van der Waals surface area contributed by atoms with Crippen LogP contribution in [-0.4, -0.2) is 0 Å². The van der Waals surface area contributed by atoms with Gasteiger partial charge in [0.2, 0.25) is 0 Å². The van der Waals surface area contributed by atoms with Crippen molar-refractivity contribution >= 4 is 12.2 Å². The number of hydrogen-bond donors (Lipinski definition) is 0. The van der Waals surface area contributed by atoms with Crippen molar-refractivity contribution in [3.8, 4) is 0 Å². The van der Waals surface area contributed by atoms with Crippen molar-refractivity contribution in [1.29, 1.82) is 0 Å². The number of ether oxygens (including phenoxy) is 1. The van der Waals surface area contributed by atoms with Gasteiger partial charge >= 0.3 is 0 Å². The molecule has 0 aliphatic carbocycles. The number of hydrogen-bond acceptors (Lipinski definition) is 1. The molecule has 0 saturated heterocycles. The zero-order valence-electron chi connectivity index (χ0n) is 12.1. The third-order valence-corrected chi connectivity index (χ3v) is 2.53. The van der Waals surface area contributed by atoms with Gasteiger partial charge in [-0.3, -0.25) is 0 Å². The largest absolute Gasteiger partial charge is 0.458 e. The van der Waals surface area contributed by atoms with Crippen LogP contribution in [0.2, 0.25) is 0 Å². The van der Waals surface area contributed by atoms with Crippen LogP contribution in [0.15, 0.2) is 98.5 Å². The van der Waals surface area contributed by atoms with Gasteiger partial charge in [-0.1, -0.05) is 92.6 Å². The van der Waals surface area contributed by atoms with Crippen LogP contribution in [0.5, 0.6) is 0 Å². The first-order chi connectivity index (χ1) is 10.3. The summed E-state index contributed by atoms with van der Waals surface area (Å²) in [6.45, 7) is 10.7. The van der Waals surface area contributed by atoms with Crippen LogP contribution in [0.25, 0.3) is 12.2 Å². The lowest BCUT2D eigenvalue weighted by atomic mass is 10.2. The van der Waals surface area contributed by atoms with Crippen molar-refractivity contribution in [2.75, 3.05) is 0 Å². The lowest BCUT2D eigenvalue weighted by Crippen LogP contribution is -1.63. The van der Waals surface area contributed by atoms with Gasteiger partial charge in [-0.2, -0.15) is 0 Å². The average molecular weight is 276 g/mol. The van der Waals surface area contributed by atoms with Crippen LogP contribution in [0.1, 0.15) is 11.1 Å². The van der Waals surface area contributed by atoms with E-state index < -0.39 is 0 Å². The van der Waals surface area contributed by atoms with Crippen LogP contribution in [0.3, 0.4) is 0 Å². The minimum atomic E-state index is 0.894. The zero-order chi connectivity index (χ0) is 15.3. The highest BCUT2D eigenvalue weighted by molar-refractivity contribution is 5.46. The van der Waals surface area contributed by atoms with Crippen molar-refractivity contribution in [3.05, 3.63) is 110 Å². The molecule has 106 valence electrons. The fourth-order valence-corrected chi connectivity index (χ4v) is 1.31. The van der Waals surface area contributed by atoms with E-state index >= 15 is 0 Å². The molecule has 0 atom stereocenters. The molecule has 1 heteroatoms. The highest BCUT2D eigenvalue weighted by atomic mass is 16.5. The van der Waals surface area contributed by atoms with Crippen molar-refractivity contribution in [2.45, 2.75) is 0 Å². The van der Waals surface area contributed by atoms with Gasteiger partial charge in [0.25, 0.3) is 0 Å². The van der Waals surface area contributed by atoms with E-state index in [1.54, 1.807) is 12.3 Å². The van der Waals surface area contributed by atoms with E-state index in [4.69, 9.17) is 0 Å². The minimum Gasteiger partial charge on any atom is -0.458 e. The summed E-state index contributed by atoms with van der Waals surface area (Å²) in [6, 6.07) is 20.1. The van der Waals surface area contributed by atoms with Crippen LogP contribution < -0.4 is 0 Å². The van der Waals surface area contributed by atoms with Gasteiger partial charge in [-0.25, -0.2) is 0 Å². The molecular weight excluding hydrogens is 256 g/mol. The topological polar surface area (TPSA) is 12.5 Å². The molecule has 1 aliphatic rings. The molecule has 0 saturated carbocycles. The minimum absolute atomic E-state index is 0.894. The highest BCUT2D eigenvalue weighted by Gasteiger charge is 1.99. The third kappa shape index (κ3) is 8.06. The maximum atomic E-state index is 4.53. The highest BCUT2D eigenvalue weighted by Crippen LogP contribution is 2.11. The summed E-state index contributed by atoms with van der Waals surface area (Å²) in [5, 5.41) is 0. The molecule has 0 bridgehead atoms. The molecule has 0 spiro atoms. The SMILES string of the molecule is C=CC1=CO1.C=Cc1ccccc1.C=Cc1ccccc1. The Hall–Kier alpha value is -2.80. The molecule has 0 unspecified atom stereocenters. The molecular formula is C20H20O. The predicted octanol–water partition coefficient (Wildman–Crippen LogP) is 5.70. The van der Waals surface area contributed by atoms with Crippen LogP contribution >= 0.6 is 0 Å². The molecule has 0 amide bonds. The van der Waals surface area contributed by atoms with E-state index in [1.165, 1.54) is 11.1 Å². The molecule has 2 aromatic carbocycles. The maximum absolute atomic E-state index is 4.53. The van der Waals surface area contributed by atoms with Crippen molar-refractivity contribution < 1.29 is 4.74 Å². The Morgan fingerprint density at radius 2 is 1.00 bits per heavy atom. The van der Waals surface area contributed by atoms with Crippen LogP contribution in [0.4, 0.5) is 0 Å². The van der Waals surface area contributed by atoms with Crippen LogP contribution in [-0.2, 0) is 4.74 Å². The Labute approximate surface area is 127 Å². The van der Waals surface area contributed by atoms with E-state index in [2.05, 4.69) is 24.5 Å². The van der Waals surface area contributed by atoms with Gasteiger partial charge in [0, 0.05) is 0 Å². The normalized spacial score (nSPS) is 10.2. The molecule has 3 rings (SSSR count). The average Bonchev–Trinajstić information content (AvgIpc) is 3.42. The fraction of sp³-hybridized carbons (Fsp3) is 0. The second-order valence-corrected chi connectivity index (χ2v) is 4.07.